The van der Waals surface area contributed by atoms with Crippen LogP contribution in [-0.4, -0.2) is 26.8 Å². The third-order valence-corrected chi connectivity index (χ3v) is 2.99. The zero-order chi connectivity index (χ0) is 12.1. The Hall–Kier alpha value is -1.53. The molecule has 0 saturated carbocycles. The average Bonchev–Trinajstić information content (AvgIpc) is 2.83. The van der Waals surface area contributed by atoms with E-state index in [1.54, 1.807) is 24.3 Å². The van der Waals surface area contributed by atoms with Crippen LogP contribution in [0, 0.1) is 0 Å². The van der Waals surface area contributed by atoms with E-state index in [-0.39, 0.29) is 11.7 Å². The Balaban J connectivity index is 1.83. The van der Waals surface area contributed by atoms with Gasteiger partial charge in [0, 0.05) is 10.7 Å². The van der Waals surface area contributed by atoms with E-state index in [4.69, 9.17) is 11.6 Å². The lowest BCUT2D eigenvalue weighted by Crippen LogP contribution is -2.13. The number of hydrogen-bond donors (Lipinski definition) is 2. The smallest absolute Gasteiger partial charge is 0.234 e. The molecule has 7 heteroatoms. The van der Waals surface area contributed by atoms with Gasteiger partial charge in [0.2, 0.25) is 5.91 Å². The Labute approximate surface area is 107 Å². The maximum absolute atomic E-state index is 11.6. The number of nitrogens with zero attached hydrogens (tertiary/aromatic N) is 2. The first kappa shape index (κ1) is 11.9. The normalized spacial score (nSPS) is 10.2. The van der Waals surface area contributed by atoms with Crippen molar-refractivity contribution in [2.24, 2.45) is 0 Å². The van der Waals surface area contributed by atoms with Crippen LogP contribution in [0.4, 0.5) is 5.69 Å². The number of carbonyl (C=O) groups excluding carboxylic acids is 1. The second-order valence-corrected chi connectivity index (χ2v) is 4.53. The van der Waals surface area contributed by atoms with E-state index < -0.39 is 0 Å². The molecule has 2 rings (SSSR count). The Morgan fingerprint density at radius 1 is 1.41 bits per heavy atom. The van der Waals surface area contributed by atoms with Crippen LogP contribution in [0.25, 0.3) is 0 Å². The number of H-pyrrole nitrogens is 1. The van der Waals surface area contributed by atoms with Crippen molar-refractivity contribution in [1.82, 2.24) is 15.2 Å². The summed E-state index contributed by atoms with van der Waals surface area (Å²) < 4.78 is 0. The molecule has 0 unspecified atom stereocenters. The third-order valence-electron chi connectivity index (χ3n) is 1.86. The maximum Gasteiger partial charge on any atom is 0.234 e. The SMILES string of the molecule is O=C(CSc1ncn[nH]1)Nc1ccc(Cl)cc1. The van der Waals surface area contributed by atoms with Crippen molar-refractivity contribution in [3.8, 4) is 0 Å². The first-order valence-electron chi connectivity index (χ1n) is 4.77. The zero-order valence-corrected chi connectivity index (χ0v) is 10.3. The van der Waals surface area contributed by atoms with Crippen molar-refractivity contribution in [1.29, 1.82) is 0 Å². The maximum atomic E-state index is 11.6. The van der Waals surface area contributed by atoms with Gasteiger partial charge in [-0.15, -0.1) is 0 Å². The summed E-state index contributed by atoms with van der Waals surface area (Å²) in [6.45, 7) is 0. The molecule has 1 amide bonds. The number of halogens is 1. The van der Waals surface area contributed by atoms with Crippen molar-refractivity contribution < 1.29 is 4.79 Å². The lowest BCUT2D eigenvalue weighted by molar-refractivity contribution is -0.113. The topological polar surface area (TPSA) is 70.7 Å². The first-order valence-corrected chi connectivity index (χ1v) is 6.14. The highest BCUT2D eigenvalue weighted by atomic mass is 35.5. The molecular weight excluding hydrogens is 260 g/mol. The monoisotopic (exact) mass is 268 g/mol. The molecule has 2 N–H and O–H groups in total. The van der Waals surface area contributed by atoms with Crippen LogP contribution in [0.3, 0.4) is 0 Å². The van der Waals surface area contributed by atoms with Gasteiger partial charge >= 0.3 is 0 Å². The lowest BCUT2D eigenvalue weighted by Gasteiger charge is -2.03. The number of aromatic nitrogens is 3. The van der Waals surface area contributed by atoms with Crippen LogP contribution in [0.1, 0.15) is 0 Å². The molecule has 0 aliphatic carbocycles. The number of hydrogen-bond acceptors (Lipinski definition) is 4. The summed E-state index contributed by atoms with van der Waals surface area (Å²) in [5.41, 5.74) is 0.720. The number of anilines is 1. The number of amides is 1. The van der Waals surface area contributed by atoms with Crippen LogP contribution in [0.5, 0.6) is 0 Å². The Bertz CT molecular complexity index is 486. The highest BCUT2D eigenvalue weighted by Crippen LogP contribution is 2.15. The predicted molar refractivity (Wildman–Crippen MR) is 67.2 cm³/mol. The van der Waals surface area contributed by atoms with Gasteiger partial charge in [-0.05, 0) is 24.3 Å². The van der Waals surface area contributed by atoms with Crippen LogP contribution in [0.2, 0.25) is 5.02 Å². The molecular formula is C10H9ClN4OS. The zero-order valence-electron chi connectivity index (χ0n) is 8.68. The molecule has 0 saturated heterocycles. The van der Waals surface area contributed by atoms with Gasteiger partial charge in [0.15, 0.2) is 5.16 Å². The Kier molecular flexibility index (Phi) is 4.00. The van der Waals surface area contributed by atoms with Gasteiger partial charge in [-0.3, -0.25) is 9.89 Å². The highest BCUT2D eigenvalue weighted by molar-refractivity contribution is 7.99. The largest absolute Gasteiger partial charge is 0.325 e. The molecule has 0 bridgehead atoms. The number of rotatable bonds is 4. The second kappa shape index (κ2) is 5.70. The molecule has 0 radical (unpaired) electrons. The van der Waals surface area contributed by atoms with E-state index in [9.17, 15) is 4.79 Å². The van der Waals surface area contributed by atoms with Crippen molar-refractivity contribution in [3.05, 3.63) is 35.6 Å². The van der Waals surface area contributed by atoms with Crippen LogP contribution >= 0.6 is 23.4 Å². The summed E-state index contributed by atoms with van der Waals surface area (Å²) in [6.07, 6.45) is 1.40. The fourth-order valence-electron chi connectivity index (χ4n) is 1.13. The number of carbonyl (C=O) groups is 1. The van der Waals surface area contributed by atoms with E-state index in [1.165, 1.54) is 18.1 Å². The molecule has 0 atom stereocenters. The summed E-state index contributed by atoms with van der Waals surface area (Å²) in [7, 11) is 0. The van der Waals surface area contributed by atoms with E-state index in [1.807, 2.05) is 0 Å². The molecule has 1 aromatic heterocycles. The number of aromatic amines is 1. The molecule has 1 aromatic carbocycles. The molecule has 0 aliphatic heterocycles. The van der Waals surface area contributed by atoms with Gasteiger partial charge in [0.25, 0.3) is 0 Å². The number of thioether (sulfide) groups is 1. The Morgan fingerprint density at radius 2 is 2.18 bits per heavy atom. The summed E-state index contributed by atoms with van der Waals surface area (Å²) in [5, 5.41) is 10.4. The van der Waals surface area contributed by atoms with Crippen molar-refractivity contribution >= 4 is 35.0 Å². The lowest BCUT2D eigenvalue weighted by atomic mass is 10.3. The molecule has 0 fully saturated rings. The van der Waals surface area contributed by atoms with Gasteiger partial charge in [0.1, 0.15) is 6.33 Å². The fourth-order valence-corrected chi connectivity index (χ4v) is 1.83. The molecule has 2 aromatic rings. The summed E-state index contributed by atoms with van der Waals surface area (Å²) in [4.78, 5) is 15.5. The van der Waals surface area contributed by atoms with Gasteiger partial charge < -0.3 is 5.32 Å². The molecule has 5 nitrogen and oxygen atoms in total. The van der Waals surface area contributed by atoms with Gasteiger partial charge in [-0.25, -0.2) is 4.98 Å². The van der Waals surface area contributed by atoms with E-state index in [0.29, 0.717) is 10.2 Å². The highest BCUT2D eigenvalue weighted by Gasteiger charge is 2.04. The second-order valence-electron chi connectivity index (χ2n) is 3.13. The minimum Gasteiger partial charge on any atom is -0.325 e. The molecule has 0 spiro atoms. The average molecular weight is 269 g/mol. The third kappa shape index (κ3) is 3.76. The van der Waals surface area contributed by atoms with E-state index in [2.05, 4.69) is 20.5 Å². The predicted octanol–water partition coefficient (Wildman–Crippen LogP) is 2.19. The van der Waals surface area contributed by atoms with Crippen molar-refractivity contribution in [2.45, 2.75) is 5.16 Å². The molecule has 88 valence electrons. The van der Waals surface area contributed by atoms with Crippen LogP contribution in [0.15, 0.2) is 35.7 Å². The molecule has 0 aliphatic rings. The van der Waals surface area contributed by atoms with Gasteiger partial charge in [0.05, 0.1) is 5.75 Å². The number of nitrogens with one attached hydrogen (secondary N) is 2. The quantitative estimate of drug-likeness (QED) is 0.834. The molecule has 1 heterocycles. The fraction of sp³-hybridized carbons (Fsp3) is 0.100. The van der Waals surface area contributed by atoms with E-state index >= 15 is 0 Å². The summed E-state index contributed by atoms with van der Waals surface area (Å²) in [5.74, 6) is 0.173. The van der Waals surface area contributed by atoms with Crippen LogP contribution < -0.4 is 5.32 Å². The summed E-state index contributed by atoms with van der Waals surface area (Å²) in [6, 6.07) is 6.94. The number of benzene rings is 1. The van der Waals surface area contributed by atoms with Crippen molar-refractivity contribution in [2.75, 3.05) is 11.1 Å². The minimum absolute atomic E-state index is 0.103. The Morgan fingerprint density at radius 3 is 2.82 bits per heavy atom. The first-order chi connectivity index (χ1) is 8.24. The standard InChI is InChI=1S/C10H9ClN4OS/c11-7-1-3-8(4-2-7)14-9(16)5-17-10-12-6-13-15-10/h1-4,6H,5H2,(H,14,16)(H,12,13,15). The summed E-state index contributed by atoms with van der Waals surface area (Å²) >= 11 is 7.03. The van der Waals surface area contributed by atoms with Crippen LogP contribution in [-0.2, 0) is 4.79 Å². The minimum atomic E-state index is -0.103. The van der Waals surface area contributed by atoms with Gasteiger partial charge in [-0.1, -0.05) is 23.4 Å². The molecule has 17 heavy (non-hydrogen) atoms. The van der Waals surface area contributed by atoms with Crippen molar-refractivity contribution in [3.63, 3.8) is 0 Å². The van der Waals surface area contributed by atoms with Gasteiger partial charge in [-0.2, -0.15) is 5.10 Å². The van der Waals surface area contributed by atoms with E-state index in [0.717, 1.165) is 5.69 Å².